The fourth-order valence-electron chi connectivity index (χ4n) is 4.49. The highest BCUT2D eigenvalue weighted by Gasteiger charge is 2.24. The lowest BCUT2D eigenvalue weighted by Gasteiger charge is -2.36. The van der Waals surface area contributed by atoms with Crippen molar-refractivity contribution in [2.45, 2.75) is 39.7 Å². The second-order valence-electron chi connectivity index (χ2n) is 10.0. The maximum atomic E-state index is 13.3. The predicted octanol–water partition coefficient (Wildman–Crippen LogP) is 6.06. The first-order valence-electron chi connectivity index (χ1n) is 12.5. The molecule has 0 radical (unpaired) electrons. The van der Waals surface area contributed by atoms with Crippen molar-refractivity contribution < 1.29 is 18.7 Å². The summed E-state index contributed by atoms with van der Waals surface area (Å²) in [5, 5.41) is 0. The van der Waals surface area contributed by atoms with Gasteiger partial charge in [-0.05, 0) is 66.4 Å². The molecule has 0 atom stereocenters. The van der Waals surface area contributed by atoms with Crippen LogP contribution in [-0.4, -0.2) is 43.6 Å². The first kappa shape index (κ1) is 25.5. The van der Waals surface area contributed by atoms with Gasteiger partial charge in [-0.1, -0.05) is 39.0 Å². The lowest BCUT2D eigenvalue weighted by molar-refractivity contribution is 0.0746. The summed E-state index contributed by atoms with van der Waals surface area (Å²) in [7, 11) is 0. The topological polar surface area (TPSA) is 42.0 Å². The minimum atomic E-state index is -0.246. The van der Waals surface area contributed by atoms with Gasteiger partial charge in [0.05, 0.1) is 6.61 Å². The van der Waals surface area contributed by atoms with Gasteiger partial charge < -0.3 is 19.3 Å². The highest BCUT2D eigenvalue weighted by Crippen LogP contribution is 2.32. The number of para-hydroxylation sites is 1. The molecule has 4 rings (SSSR count). The molecular formula is C30H35FN2O3. The number of anilines is 1. The summed E-state index contributed by atoms with van der Waals surface area (Å²) in [6.07, 6.45) is 0. The zero-order valence-corrected chi connectivity index (χ0v) is 21.6. The Morgan fingerprint density at radius 3 is 2.25 bits per heavy atom. The molecule has 36 heavy (non-hydrogen) atoms. The van der Waals surface area contributed by atoms with Gasteiger partial charge >= 0.3 is 0 Å². The normalized spacial score (nSPS) is 14.0. The third-order valence-corrected chi connectivity index (χ3v) is 6.44. The Kier molecular flexibility index (Phi) is 7.82. The van der Waals surface area contributed by atoms with Gasteiger partial charge in [0.2, 0.25) is 0 Å². The standard InChI is InChI=1S/C30H35FN2O3/c1-5-35-27-15-10-22(20-23(27)21-36-28-9-7-6-8-26(28)30(2,3)4)29(34)33-18-16-32(17-19-33)25-13-11-24(31)12-14-25/h6-15,20H,5,16-19,21H2,1-4H3. The number of hydrogen-bond donors (Lipinski definition) is 0. The molecule has 1 saturated heterocycles. The molecule has 0 aliphatic carbocycles. The van der Waals surface area contributed by atoms with Crippen molar-refractivity contribution in [3.05, 3.63) is 89.2 Å². The third-order valence-electron chi connectivity index (χ3n) is 6.44. The zero-order valence-electron chi connectivity index (χ0n) is 21.6. The van der Waals surface area contributed by atoms with Crippen molar-refractivity contribution in [1.29, 1.82) is 0 Å². The molecule has 1 fully saturated rings. The summed E-state index contributed by atoms with van der Waals surface area (Å²) in [5.74, 6) is 1.31. The van der Waals surface area contributed by atoms with Crippen molar-refractivity contribution in [3.8, 4) is 11.5 Å². The summed E-state index contributed by atoms with van der Waals surface area (Å²) in [5.41, 5.74) is 3.52. The van der Waals surface area contributed by atoms with Crippen LogP contribution >= 0.6 is 0 Å². The van der Waals surface area contributed by atoms with Gasteiger partial charge in [-0.25, -0.2) is 4.39 Å². The molecule has 0 unspecified atom stereocenters. The first-order valence-corrected chi connectivity index (χ1v) is 12.5. The Balaban J connectivity index is 1.47. The van der Waals surface area contributed by atoms with Crippen LogP contribution in [0.25, 0.3) is 0 Å². The Bertz CT molecular complexity index is 1180. The highest BCUT2D eigenvalue weighted by molar-refractivity contribution is 5.94. The molecule has 1 aliphatic heterocycles. The van der Waals surface area contributed by atoms with Crippen LogP contribution in [0.2, 0.25) is 0 Å². The van der Waals surface area contributed by atoms with E-state index in [9.17, 15) is 9.18 Å². The number of rotatable bonds is 7. The van der Waals surface area contributed by atoms with E-state index < -0.39 is 0 Å². The van der Waals surface area contributed by atoms with E-state index in [1.54, 1.807) is 12.1 Å². The van der Waals surface area contributed by atoms with Gasteiger partial charge in [0.25, 0.3) is 5.91 Å². The monoisotopic (exact) mass is 490 g/mol. The SMILES string of the molecule is CCOc1ccc(C(=O)N2CCN(c3ccc(F)cc3)CC2)cc1COc1ccccc1C(C)(C)C. The predicted molar refractivity (Wildman–Crippen MR) is 142 cm³/mol. The number of piperazine rings is 1. The molecule has 3 aromatic rings. The van der Waals surface area contributed by atoms with Crippen LogP contribution in [-0.2, 0) is 12.0 Å². The minimum Gasteiger partial charge on any atom is -0.493 e. The number of ether oxygens (including phenoxy) is 2. The molecule has 0 bridgehead atoms. The zero-order chi connectivity index (χ0) is 25.7. The van der Waals surface area contributed by atoms with Crippen LogP contribution in [0.4, 0.5) is 10.1 Å². The number of amides is 1. The van der Waals surface area contributed by atoms with Gasteiger partial charge in [-0.2, -0.15) is 0 Å². The summed E-state index contributed by atoms with van der Waals surface area (Å²) in [6.45, 7) is 11.9. The molecule has 5 nitrogen and oxygen atoms in total. The molecule has 0 saturated carbocycles. The molecule has 0 aromatic heterocycles. The lowest BCUT2D eigenvalue weighted by atomic mass is 9.86. The van der Waals surface area contributed by atoms with E-state index in [0.717, 1.165) is 28.3 Å². The summed E-state index contributed by atoms with van der Waals surface area (Å²) in [6, 6.07) is 20.1. The van der Waals surface area contributed by atoms with Crippen LogP contribution < -0.4 is 14.4 Å². The average Bonchev–Trinajstić information content (AvgIpc) is 2.88. The molecule has 1 heterocycles. The van der Waals surface area contributed by atoms with Crippen molar-refractivity contribution in [2.24, 2.45) is 0 Å². The quantitative estimate of drug-likeness (QED) is 0.404. The maximum Gasteiger partial charge on any atom is 0.253 e. The molecule has 0 N–H and O–H groups in total. The molecular weight excluding hydrogens is 455 g/mol. The summed E-state index contributed by atoms with van der Waals surface area (Å²) in [4.78, 5) is 17.4. The molecule has 3 aromatic carbocycles. The summed E-state index contributed by atoms with van der Waals surface area (Å²) >= 11 is 0. The summed E-state index contributed by atoms with van der Waals surface area (Å²) < 4.78 is 25.3. The Morgan fingerprint density at radius 2 is 1.58 bits per heavy atom. The number of benzene rings is 3. The van der Waals surface area contributed by atoms with Gasteiger partial charge in [0.1, 0.15) is 23.9 Å². The van der Waals surface area contributed by atoms with E-state index in [2.05, 4.69) is 31.7 Å². The molecule has 190 valence electrons. The van der Waals surface area contributed by atoms with Gasteiger partial charge in [-0.3, -0.25) is 4.79 Å². The van der Waals surface area contributed by atoms with Gasteiger partial charge in [0.15, 0.2) is 0 Å². The molecule has 6 heteroatoms. The Labute approximate surface area is 213 Å². The van der Waals surface area contributed by atoms with Gasteiger partial charge in [0, 0.05) is 43.0 Å². The van der Waals surface area contributed by atoms with Crippen LogP contribution in [0.5, 0.6) is 11.5 Å². The van der Waals surface area contributed by atoms with Gasteiger partial charge in [-0.15, -0.1) is 0 Å². The first-order chi connectivity index (χ1) is 17.3. The van der Waals surface area contributed by atoms with Crippen LogP contribution in [0.3, 0.4) is 0 Å². The van der Waals surface area contributed by atoms with Crippen LogP contribution in [0, 0.1) is 5.82 Å². The number of carbonyl (C=O) groups is 1. The van der Waals surface area contributed by atoms with Crippen LogP contribution in [0.15, 0.2) is 66.7 Å². The smallest absolute Gasteiger partial charge is 0.253 e. The maximum absolute atomic E-state index is 13.3. The second-order valence-corrected chi connectivity index (χ2v) is 10.0. The van der Waals surface area contributed by atoms with Crippen molar-refractivity contribution in [1.82, 2.24) is 4.90 Å². The molecule has 1 aliphatic rings. The van der Waals surface area contributed by atoms with Crippen molar-refractivity contribution in [3.63, 3.8) is 0 Å². The van der Waals surface area contributed by atoms with Crippen LogP contribution in [0.1, 0.15) is 49.2 Å². The number of halogens is 1. The van der Waals surface area contributed by atoms with Crippen molar-refractivity contribution >= 4 is 11.6 Å². The molecule has 1 amide bonds. The fraction of sp³-hybridized carbons (Fsp3) is 0.367. The minimum absolute atomic E-state index is 0.00635. The Hall–Kier alpha value is -3.54. The number of nitrogens with zero attached hydrogens (tertiary/aromatic N) is 2. The van der Waals surface area contributed by atoms with E-state index in [1.165, 1.54) is 12.1 Å². The van der Waals surface area contributed by atoms with E-state index in [1.807, 2.05) is 48.2 Å². The average molecular weight is 491 g/mol. The highest BCUT2D eigenvalue weighted by atomic mass is 19.1. The van der Waals surface area contributed by atoms with Crippen molar-refractivity contribution in [2.75, 3.05) is 37.7 Å². The largest absolute Gasteiger partial charge is 0.493 e. The lowest BCUT2D eigenvalue weighted by Crippen LogP contribution is -2.48. The second kappa shape index (κ2) is 11.0. The number of hydrogen-bond acceptors (Lipinski definition) is 4. The van der Waals surface area contributed by atoms with E-state index in [-0.39, 0.29) is 17.1 Å². The van der Waals surface area contributed by atoms with E-state index in [0.29, 0.717) is 45.0 Å². The fourth-order valence-corrected chi connectivity index (χ4v) is 4.49. The van der Waals surface area contributed by atoms with E-state index in [4.69, 9.17) is 9.47 Å². The van der Waals surface area contributed by atoms with E-state index >= 15 is 0 Å². The molecule has 0 spiro atoms. The third kappa shape index (κ3) is 5.99. The Morgan fingerprint density at radius 1 is 0.889 bits per heavy atom. The number of carbonyl (C=O) groups excluding carboxylic acids is 1.